The van der Waals surface area contributed by atoms with Gasteiger partial charge >= 0.3 is 12.1 Å². The van der Waals surface area contributed by atoms with E-state index in [4.69, 9.17) is 5.73 Å². The number of hydrogen-bond acceptors (Lipinski definition) is 2. The Balaban J connectivity index is 3.15. The van der Waals surface area contributed by atoms with Crippen LogP contribution in [0.1, 0.15) is 11.6 Å². The maximum atomic E-state index is 13.0. The quantitative estimate of drug-likeness (QED) is 0.859. The normalized spacial score (nSPS) is 14.4. The van der Waals surface area contributed by atoms with Crippen molar-refractivity contribution in [3.8, 4) is 5.75 Å². The largest absolute Gasteiger partial charge is 0.494 e. The first-order chi connectivity index (χ1) is 8.11. The van der Waals surface area contributed by atoms with E-state index in [2.05, 4.69) is 4.74 Å². The third kappa shape index (κ3) is 2.53. The second-order valence-electron chi connectivity index (χ2n) is 3.49. The van der Waals surface area contributed by atoms with Gasteiger partial charge in [0.1, 0.15) is 6.04 Å². The van der Waals surface area contributed by atoms with E-state index in [1.54, 1.807) is 0 Å². The van der Waals surface area contributed by atoms with Gasteiger partial charge in [-0.3, -0.25) is 0 Å². The number of benzene rings is 1. The molecule has 0 saturated carbocycles. The van der Waals surface area contributed by atoms with Crippen LogP contribution in [0.5, 0.6) is 5.75 Å². The molecule has 0 aliphatic carbocycles. The molecule has 0 bridgehead atoms. The summed E-state index contributed by atoms with van der Waals surface area (Å²) in [7, 11) is 1.05. The van der Waals surface area contributed by atoms with Crippen molar-refractivity contribution in [2.45, 2.75) is 18.1 Å². The smallest absolute Gasteiger partial charge is 0.455 e. The molecule has 1 atom stereocenters. The second kappa shape index (κ2) is 4.68. The first-order valence-electron chi connectivity index (χ1n) is 4.64. The predicted octanol–water partition coefficient (Wildman–Crippen LogP) is 3.03. The molecule has 102 valence electrons. The van der Waals surface area contributed by atoms with Gasteiger partial charge in [-0.2, -0.15) is 22.0 Å². The fourth-order valence-corrected chi connectivity index (χ4v) is 1.26. The maximum absolute atomic E-state index is 13.0. The minimum atomic E-state index is -5.78. The molecule has 0 aliphatic rings. The molecular formula is C10H9F6NO. The first-order valence-corrected chi connectivity index (χ1v) is 4.64. The van der Waals surface area contributed by atoms with E-state index in [9.17, 15) is 26.3 Å². The Morgan fingerprint density at radius 1 is 1.17 bits per heavy atom. The van der Waals surface area contributed by atoms with Crippen LogP contribution in [0.3, 0.4) is 0 Å². The van der Waals surface area contributed by atoms with Crippen LogP contribution in [-0.2, 0) is 0 Å². The van der Waals surface area contributed by atoms with Crippen molar-refractivity contribution in [2.75, 3.05) is 7.11 Å². The summed E-state index contributed by atoms with van der Waals surface area (Å²) >= 11 is 0. The third-order valence-electron chi connectivity index (χ3n) is 2.30. The van der Waals surface area contributed by atoms with Crippen LogP contribution in [0.15, 0.2) is 18.2 Å². The van der Waals surface area contributed by atoms with E-state index in [0.717, 1.165) is 13.2 Å². The standard InChI is InChI=1S/C10H9F6NO/c1-18-7-4-5(2-3-6(7)11)8(17)9(12,13)10(14,15)16/h2-4,8H,17H2,1H3/t8-/m0/s1. The zero-order chi connectivity index (χ0) is 14.1. The molecule has 1 aromatic carbocycles. The summed E-state index contributed by atoms with van der Waals surface area (Å²) in [6.45, 7) is 0. The number of rotatable bonds is 3. The molecule has 0 radical (unpaired) electrons. The molecular weight excluding hydrogens is 264 g/mol. The van der Waals surface area contributed by atoms with Gasteiger partial charge in [0.05, 0.1) is 7.11 Å². The Bertz CT molecular complexity index is 431. The summed E-state index contributed by atoms with van der Waals surface area (Å²) in [5.41, 5.74) is 4.31. The zero-order valence-electron chi connectivity index (χ0n) is 9.06. The molecule has 0 heterocycles. The van der Waals surface area contributed by atoms with Crippen molar-refractivity contribution in [3.05, 3.63) is 29.6 Å². The summed E-state index contributed by atoms with van der Waals surface area (Å²) in [6, 6.07) is -0.463. The SMILES string of the molecule is COc1cc([C@H](N)C(F)(F)C(F)(F)F)ccc1F. The highest BCUT2D eigenvalue weighted by atomic mass is 19.4. The van der Waals surface area contributed by atoms with E-state index >= 15 is 0 Å². The Morgan fingerprint density at radius 2 is 1.72 bits per heavy atom. The summed E-state index contributed by atoms with van der Waals surface area (Å²) in [5.74, 6) is -6.46. The topological polar surface area (TPSA) is 35.2 Å². The van der Waals surface area contributed by atoms with Crippen molar-refractivity contribution >= 4 is 0 Å². The lowest BCUT2D eigenvalue weighted by Crippen LogP contribution is -2.45. The molecule has 0 spiro atoms. The average Bonchev–Trinajstić information content (AvgIpc) is 2.27. The van der Waals surface area contributed by atoms with Crippen molar-refractivity contribution < 1.29 is 31.1 Å². The van der Waals surface area contributed by atoms with Gasteiger partial charge in [-0.15, -0.1) is 0 Å². The molecule has 0 aromatic heterocycles. The highest BCUT2D eigenvalue weighted by Gasteiger charge is 2.61. The van der Waals surface area contributed by atoms with Gasteiger partial charge in [0, 0.05) is 0 Å². The van der Waals surface area contributed by atoms with E-state index in [1.807, 2.05) is 0 Å². The highest BCUT2D eigenvalue weighted by molar-refractivity contribution is 5.33. The summed E-state index contributed by atoms with van der Waals surface area (Å²) < 4.78 is 79.7. The number of methoxy groups -OCH3 is 1. The minimum absolute atomic E-state index is 0.457. The van der Waals surface area contributed by atoms with Gasteiger partial charge < -0.3 is 10.5 Å². The van der Waals surface area contributed by atoms with E-state index in [1.165, 1.54) is 0 Å². The molecule has 8 heteroatoms. The van der Waals surface area contributed by atoms with Crippen molar-refractivity contribution in [2.24, 2.45) is 5.73 Å². The summed E-state index contributed by atoms with van der Waals surface area (Å²) in [4.78, 5) is 0. The van der Waals surface area contributed by atoms with E-state index in [0.29, 0.717) is 12.1 Å². The fourth-order valence-electron chi connectivity index (χ4n) is 1.26. The lowest BCUT2D eigenvalue weighted by Gasteiger charge is -2.26. The lowest BCUT2D eigenvalue weighted by atomic mass is 10.0. The molecule has 0 unspecified atom stereocenters. The molecule has 1 aromatic rings. The van der Waals surface area contributed by atoms with Crippen molar-refractivity contribution in [3.63, 3.8) is 0 Å². The van der Waals surface area contributed by atoms with Crippen molar-refractivity contribution in [1.29, 1.82) is 0 Å². The molecule has 0 amide bonds. The molecule has 0 aliphatic heterocycles. The lowest BCUT2D eigenvalue weighted by molar-refractivity contribution is -0.291. The van der Waals surface area contributed by atoms with Gasteiger partial charge in [-0.05, 0) is 17.7 Å². The van der Waals surface area contributed by atoms with Crippen molar-refractivity contribution in [1.82, 2.24) is 0 Å². The van der Waals surface area contributed by atoms with Crippen LogP contribution in [0, 0.1) is 5.82 Å². The van der Waals surface area contributed by atoms with Gasteiger partial charge in [-0.1, -0.05) is 6.07 Å². The van der Waals surface area contributed by atoms with Crippen LogP contribution < -0.4 is 10.5 Å². The van der Waals surface area contributed by atoms with Gasteiger partial charge in [-0.25, -0.2) is 4.39 Å². The Morgan fingerprint density at radius 3 is 2.17 bits per heavy atom. The van der Waals surface area contributed by atoms with Gasteiger partial charge in [0.25, 0.3) is 0 Å². The maximum Gasteiger partial charge on any atom is 0.455 e. The van der Waals surface area contributed by atoms with Crippen LogP contribution in [0.25, 0.3) is 0 Å². The Kier molecular flexibility index (Phi) is 3.80. The zero-order valence-corrected chi connectivity index (χ0v) is 9.06. The number of halogens is 6. The minimum Gasteiger partial charge on any atom is -0.494 e. The average molecular weight is 273 g/mol. The number of alkyl halides is 5. The van der Waals surface area contributed by atoms with E-state index < -0.39 is 35.3 Å². The summed E-state index contributed by atoms with van der Waals surface area (Å²) in [5, 5.41) is 0. The van der Waals surface area contributed by atoms with Crippen LogP contribution in [0.4, 0.5) is 26.3 Å². The highest BCUT2D eigenvalue weighted by Crippen LogP contribution is 2.43. The number of nitrogens with two attached hydrogens (primary N) is 1. The van der Waals surface area contributed by atoms with E-state index in [-0.39, 0.29) is 0 Å². The molecule has 18 heavy (non-hydrogen) atoms. The Labute approximate surface area is 98.3 Å². The second-order valence-corrected chi connectivity index (χ2v) is 3.49. The van der Waals surface area contributed by atoms with Crippen LogP contribution in [-0.4, -0.2) is 19.2 Å². The first kappa shape index (κ1) is 14.6. The molecule has 0 fully saturated rings. The fraction of sp³-hybridized carbons (Fsp3) is 0.400. The Hall–Kier alpha value is -1.44. The molecule has 2 N–H and O–H groups in total. The third-order valence-corrected chi connectivity index (χ3v) is 2.30. The number of hydrogen-bond donors (Lipinski definition) is 1. The van der Waals surface area contributed by atoms with Crippen LogP contribution in [0.2, 0.25) is 0 Å². The van der Waals surface area contributed by atoms with Gasteiger partial charge in [0.15, 0.2) is 11.6 Å². The van der Waals surface area contributed by atoms with Crippen LogP contribution >= 0.6 is 0 Å². The van der Waals surface area contributed by atoms with Gasteiger partial charge in [0.2, 0.25) is 0 Å². The molecule has 2 nitrogen and oxygen atoms in total. The number of ether oxygens (including phenoxy) is 1. The predicted molar refractivity (Wildman–Crippen MR) is 50.9 cm³/mol. The molecule has 0 saturated heterocycles. The monoisotopic (exact) mass is 273 g/mol. The molecule has 1 rings (SSSR count). The summed E-state index contributed by atoms with van der Waals surface area (Å²) in [6.07, 6.45) is -5.78.